The van der Waals surface area contributed by atoms with Crippen LogP contribution >= 0.6 is 0 Å². The van der Waals surface area contributed by atoms with Gasteiger partial charge in [0.25, 0.3) is 5.56 Å². The molecular weight excluding hydrogens is 222 g/mol. The number of ether oxygens (including phenoxy) is 1. The van der Waals surface area contributed by atoms with E-state index in [-0.39, 0.29) is 5.56 Å². The second-order valence-corrected chi connectivity index (χ2v) is 3.50. The van der Waals surface area contributed by atoms with E-state index >= 15 is 0 Å². The molecule has 0 saturated heterocycles. The van der Waals surface area contributed by atoms with Crippen molar-refractivity contribution in [3.63, 3.8) is 0 Å². The van der Waals surface area contributed by atoms with Gasteiger partial charge in [-0.05, 0) is 30.5 Å². The van der Waals surface area contributed by atoms with Crippen molar-refractivity contribution < 1.29 is 14.6 Å². The summed E-state index contributed by atoms with van der Waals surface area (Å²) in [6, 6.07) is 6.47. The predicted octanol–water partition coefficient (Wildman–Crippen LogP) is 1.62. The fraction of sp³-hybridized carbons (Fsp3) is 0.167. The van der Waals surface area contributed by atoms with E-state index in [2.05, 4.69) is 4.98 Å². The number of rotatable bonds is 3. The van der Waals surface area contributed by atoms with Crippen molar-refractivity contribution >= 4 is 16.9 Å². The van der Waals surface area contributed by atoms with Crippen LogP contribution in [0.3, 0.4) is 0 Å². The number of aromatic carboxylic acids is 1. The Morgan fingerprint density at radius 3 is 2.82 bits per heavy atom. The molecule has 0 unspecified atom stereocenters. The maximum Gasteiger partial charge on any atom is 0.341 e. The summed E-state index contributed by atoms with van der Waals surface area (Å²) in [5.74, 6) is -0.597. The van der Waals surface area contributed by atoms with Gasteiger partial charge in [-0.3, -0.25) is 4.79 Å². The molecule has 0 aliphatic heterocycles. The van der Waals surface area contributed by atoms with Gasteiger partial charge in [-0.2, -0.15) is 0 Å². The maximum absolute atomic E-state index is 11.5. The first-order valence-corrected chi connectivity index (χ1v) is 5.15. The zero-order chi connectivity index (χ0) is 12.4. The number of hydrogen-bond acceptors (Lipinski definition) is 3. The third-order valence-electron chi connectivity index (χ3n) is 2.36. The second kappa shape index (κ2) is 4.29. The van der Waals surface area contributed by atoms with Crippen LogP contribution in [0.1, 0.15) is 17.3 Å². The minimum Gasteiger partial charge on any atom is -0.494 e. The van der Waals surface area contributed by atoms with Crippen LogP contribution in [0.25, 0.3) is 10.9 Å². The highest BCUT2D eigenvalue weighted by atomic mass is 16.5. The van der Waals surface area contributed by atoms with Crippen molar-refractivity contribution in [2.75, 3.05) is 6.61 Å². The van der Waals surface area contributed by atoms with E-state index in [1.807, 2.05) is 6.92 Å². The Morgan fingerprint density at radius 1 is 1.41 bits per heavy atom. The molecule has 2 aromatic rings. The Kier molecular flexibility index (Phi) is 2.82. The number of H-pyrrole nitrogens is 1. The largest absolute Gasteiger partial charge is 0.494 e. The van der Waals surface area contributed by atoms with E-state index in [0.29, 0.717) is 23.3 Å². The van der Waals surface area contributed by atoms with Gasteiger partial charge in [0.2, 0.25) is 0 Å². The van der Waals surface area contributed by atoms with E-state index < -0.39 is 11.5 Å². The van der Waals surface area contributed by atoms with Crippen LogP contribution in [0.15, 0.2) is 29.1 Å². The lowest BCUT2D eigenvalue weighted by atomic mass is 10.1. The molecule has 0 amide bonds. The fourth-order valence-corrected chi connectivity index (χ4v) is 1.60. The Labute approximate surface area is 96.7 Å². The highest BCUT2D eigenvalue weighted by Crippen LogP contribution is 2.18. The molecule has 0 spiro atoms. The quantitative estimate of drug-likeness (QED) is 0.844. The summed E-state index contributed by atoms with van der Waals surface area (Å²) in [7, 11) is 0. The monoisotopic (exact) mass is 233 g/mol. The molecule has 0 aliphatic rings. The standard InChI is InChI=1S/C12H11NO4/c1-2-17-8-4-3-7-5-9(12(15)16)11(14)13-10(7)6-8/h3-6H,2H2,1H3,(H,13,14)(H,15,16). The fourth-order valence-electron chi connectivity index (χ4n) is 1.60. The van der Waals surface area contributed by atoms with Gasteiger partial charge >= 0.3 is 5.97 Å². The van der Waals surface area contributed by atoms with Crippen LogP contribution in [0.2, 0.25) is 0 Å². The molecule has 1 aromatic heterocycles. The summed E-state index contributed by atoms with van der Waals surface area (Å²) in [4.78, 5) is 24.8. The zero-order valence-electron chi connectivity index (χ0n) is 9.19. The van der Waals surface area contributed by atoms with Gasteiger partial charge in [0.15, 0.2) is 0 Å². The maximum atomic E-state index is 11.5. The number of aromatic nitrogens is 1. The molecule has 0 atom stereocenters. The molecule has 2 rings (SSSR count). The van der Waals surface area contributed by atoms with E-state index in [9.17, 15) is 9.59 Å². The van der Waals surface area contributed by atoms with Crippen molar-refractivity contribution in [1.82, 2.24) is 4.98 Å². The molecule has 2 N–H and O–H groups in total. The first-order chi connectivity index (χ1) is 8.11. The van der Waals surface area contributed by atoms with Gasteiger partial charge in [-0.25, -0.2) is 4.79 Å². The van der Waals surface area contributed by atoms with Crippen molar-refractivity contribution in [3.8, 4) is 5.75 Å². The van der Waals surface area contributed by atoms with Gasteiger partial charge in [0.1, 0.15) is 11.3 Å². The minimum absolute atomic E-state index is 0.262. The Hall–Kier alpha value is -2.30. The molecule has 0 aliphatic carbocycles. The van der Waals surface area contributed by atoms with Gasteiger partial charge in [0.05, 0.1) is 12.1 Å². The Bertz CT molecular complexity index is 630. The number of fused-ring (bicyclic) bond motifs is 1. The Morgan fingerprint density at radius 2 is 2.18 bits per heavy atom. The molecule has 0 saturated carbocycles. The molecule has 0 bridgehead atoms. The summed E-state index contributed by atoms with van der Waals surface area (Å²) in [6.45, 7) is 2.39. The van der Waals surface area contributed by atoms with E-state index in [0.717, 1.165) is 0 Å². The van der Waals surface area contributed by atoms with Crippen LogP contribution in [0.5, 0.6) is 5.75 Å². The number of aromatic amines is 1. The number of carboxylic acid groups (broad SMARTS) is 1. The highest BCUT2D eigenvalue weighted by Gasteiger charge is 2.10. The van der Waals surface area contributed by atoms with E-state index in [4.69, 9.17) is 9.84 Å². The van der Waals surface area contributed by atoms with Crippen molar-refractivity contribution in [3.05, 3.63) is 40.2 Å². The molecular formula is C12H11NO4. The number of pyridine rings is 1. The minimum atomic E-state index is -1.23. The molecule has 0 fully saturated rings. The molecule has 88 valence electrons. The average Bonchev–Trinajstić information content (AvgIpc) is 2.28. The summed E-state index contributed by atoms with van der Waals surface area (Å²) >= 11 is 0. The lowest BCUT2D eigenvalue weighted by Gasteiger charge is -2.05. The summed E-state index contributed by atoms with van der Waals surface area (Å²) < 4.78 is 5.29. The summed E-state index contributed by atoms with van der Waals surface area (Å²) in [6.07, 6.45) is 0. The van der Waals surface area contributed by atoms with Gasteiger partial charge in [-0.1, -0.05) is 0 Å². The molecule has 17 heavy (non-hydrogen) atoms. The van der Waals surface area contributed by atoms with Crippen LogP contribution in [-0.2, 0) is 0 Å². The first kappa shape index (κ1) is 11.2. The average molecular weight is 233 g/mol. The third-order valence-corrected chi connectivity index (χ3v) is 2.36. The third kappa shape index (κ3) is 2.13. The zero-order valence-corrected chi connectivity index (χ0v) is 9.19. The normalized spacial score (nSPS) is 10.4. The van der Waals surface area contributed by atoms with Crippen molar-refractivity contribution in [2.24, 2.45) is 0 Å². The van der Waals surface area contributed by atoms with Gasteiger partial charge < -0.3 is 14.8 Å². The van der Waals surface area contributed by atoms with E-state index in [1.54, 1.807) is 18.2 Å². The highest BCUT2D eigenvalue weighted by molar-refractivity contribution is 5.92. The lowest BCUT2D eigenvalue weighted by molar-refractivity contribution is 0.0695. The summed E-state index contributed by atoms with van der Waals surface area (Å²) in [5, 5.41) is 9.48. The number of benzene rings is 1. The number of nitrogens with one attached hydrogen (secondary N) is 1. The van der Waals surface area contributed by atoms with Gasteiger partial charge in [-0.15, -0.1) is 0 Å². The van der Waals surface area contributed by atoms with Crippen LogP contribution in [0.4, 0.5) is 0 Å². The smallest absolute Gasteiger partial charge is 0.341 e. The topological polar surface area (TPSA) is 79.4 Å². The number of hydrogen-bond donors (Lipinski definition) is 2. The van der Waals surface area contributed by atoms with Crippen molar-refractivity contribution in [1.29, 1.82) is 0 Å². The predicted molar refractivity (Wildman–Crippen MR) is 62.7 cm³/mol. The lowest BCUT2D eigenvalue weighted by Crippen LogP contribution is -2.16. The van der Waals surface area contributed by atoms with Crippen LogP contribution in [-0.4, -0.2) is 22.7 Å². The Balaban J connectivity index is 2.62. The molecule has 0 radical (unpaired) electrons. The van der Waals surface area contributed by atoms with E-state index in [1.165, 1.54) is 6.07 Å². The second-order valence-electron chi connectivity index (χ2n) is 3.50. The summed E-state index contributed by atoms with van der Waals surface area (Å²) in [5.41, 5.74) is -0.314. The van der Waals surface area contributed by atoms with Crippen LogP contribution in [0, 0.1) is 0 Å². The van der Waals surface area contributed by atoms with Gasteiger partial charge in [0, 0.05) is 6.07 Å². The SMILES string of the molecule is CCOc1ccc2cc(C(=O)O)c(=O)[nH]c2c1. The number of carboxylic acids is 1. The molecule has 1 aromatic carbocycles. The molecule has 5 nitrogen and oxygen atoms in total. The van der Waals surface area contributed by atoms with Crippen molar-refractivity contribution in [2.45, 2.75) is 6.92 Å². The van der Waals surface area contributed by atoms with Crippen LogP contribution < -0.4 is 10.3 Å². The first-order valence-electron chi connectivity index (χ1n) is 5.15. The molecule has 5 heteroatoms. The molecule has 1 heterocycles. The number of carbonyl (C=O) groups is 1.